The fraction of sp³-hybridized carbons (Fsp3) is 0.278. The van der Waals surface area contributed by atoms with Crippen LogP contribution in [0.2, 0.25) is 0 Å². The predicted octanol–water partition coefficient (Wildman–Crippen LogP) is 1.50. The number of anilines is 3. The number of carbonyl (C=O) groups excluding carboxylic acids is 1. The molecule has 1 aliphatic heterocycles. The summed E-state index contributed by atoms with van der Waals surface area (Å²) in [4.78, 5) is 20.5. The first kappa shape index (κ1) is 18.7. The van der Waals surface area contributed by atoms with Gasteiger partial charge in [-0.25, -0.2) is 14.2 Å². The first-order valence-electron chi connectivity index (χ1n) is 8.79. The van der Waals surface area contributed by atoms with Crippen LogP contribution in [0.3, 0.4) is 0 Å². The highest BCUT2D eigenvalue weighted by molar-refractivity contribution is 5.90. The van der Waals surface area contributed by atoms with Gasteiger partial charge < -0.3 is 9.84 Å². The summed E-state index contributed by atoms with van der Waals surface area (Å²) in [7, 11) is 3.42. The lowest BCUT2D eigenvalue weighted by Crippen LogP contribution is -2.25. The molecule has 150 valence electrons. The number of aromatic nitrogens is 5. The second-order valence-corrected chi connectivity index (χ2v) is 6.51. The molecule has 0 radical (unpaired) electrons. The molecule has 1 aliphatic rings. The van der Waals surface area contributed by atoms with Gasteiger partial charge in [0, 0.05) is 24.4 Å². The van der Waals surface area contributed by atoms with E-state index in [-0.39, 0.29) is 13.2 Å². The highest BCUT2D eigenvalue weighted by Gasteiger charge is 2.32. The molecule has 0 saturated carbocycles. The SMILES string of the molecule is CN(c1ccc(-c2ccc(N3C[C@H](CO)OC3=O)cc2F)cn1)c1nnn(C)n1. The lowest BCUT2D eigenvalue weighted by atomic mass is 10.1. The molecule has 4 rings (SSSR count). The van der Waals surface area contributed by atoms with Gasteiger partial charge in [-0.15, -0.1) is 5.10 Å². The summed E-state index contributed by atoms with van der Waals surface area (Å²) in [6, 6.07) is 7.93. The Bertz CT molecular complexity index is 1040. The number of hydrogen-bond donors (Lipinski definition) is 1. The third-order valence-corrected chi connectivity index (χ3v) is 4.54. The van der Waals surface area contributed by atoms with Crippen molar-refractivity contribution in [2.75, 3.05) is 30.0 Å². The van der Waals surface area contributed by atoms with Gasteiger partial charge in [0.1, 0.15) is 17.7 Å². The number of tetrazole rings is 1. The zero-order chi connectivity index (χ0) is 20.5. The maximum Gasteiger partial charge on any atom is 0.414 e. The molecule has 2 aromatic heterocycles. The zero-order valence-corrected chi connectivity index (χ0v) is 15.7. The predicted molar refractivity (Wildman–Crippen MR) is 101 cm³/mol. The van der Waals surface area contributed by atoms with Crippen molar-refractivity contribution in [3.05, 3.63) is 42.3 Å². The molecular formula is C18H18FN7O3. The number of nitrogens with zero attached hydrogens (tertiary/aromatic N) is 7. The number of halogens is 1. The van der Waals surface area contributed by atoms with Crippen molar-refractivity contribution in [1.82, 2.24) is 25.2 Å². The highest BCUT2D eigenvalue weighted by atomic mass is 19.1. The van der Waals surface area contributed by atoms with E-state index < -0.39 is 18.0 Å². The number of amides is 1. The van der Waals surface area contributed by atoms with Crippen LogP contribution in [0.15, 0.2) is 36.5 Å². The molecule has 0 unspecified atom stereocenters. The summed E-state index contributed by atoms with van der Waals surface area (Å²) in [5, 5.41) is 20.9. The number of carbonyl (C=O) groups is 1. The summed E-state index contributed by atoms with van der Waals surface area (Å²) in [6.07, 6.45) is 0.331. The number of aliphatic hydroxyl groups excluding tert-OH is 1. The molecule has 3 aromatic rings. The van der Waals surface area contributed by atoms with Gasteiger partial charge in [-0.1, -0.05) is 5.10 Å². The van der Waals surface area contributed by atoms with Crippen LogP contribution in [-0.4, -0.2) is 62.7 Å². The Hall–Kier alpha value is -3.60. The third-order valence-electron chi connectivity index (χ3n) is 4.54. The molecule has 10 nitrogen and oxygen atoms in total. The summed E-state index contributed by atoms with van der Waals surface area (Å²) < 4.78 is 19.7. The Morgan fingerprint density at radius 3 is 2.76 bits per heavy atom. The molecule has 1 amide bonds. The summed E-state index contributed by atoms with van der Waals surface area (Å²) in [5.74, 6) is 0.469. The van der Waals surface area contributed by atoms with Crippen LogP contribution in [0, 0.1) is 5.82 Å². The van der Waals surface area contributed by atoms with Crippen molar-refractivity contribution < 1.29 is 19.0 Å². The molecule has 1 atom stereocenters. The topological polar surface area (TPSA) is 110 Å². The zero-order valence-electron chi connectivity index (χ0n) is 15.7. The van der Waals surface area contributed by atoms with E-state index in [0.29, 0.717) is 28.6 Å². The first-order chi connectivity index (χ1) is 14.0. The number of rotatable bonds is 5. The number of aliphatic hydroxyl groups is 1. The molecule has 0 aliphatic carbocycles. The largest absolute Gasteiger partial charge is 0.441 e. The smallest absolute Gasteiger partial charge is 0.414 e. The lowest BCUT2D eigenvalue weighted by Gasteiger charge is -2.15. The Balaban J connectivity index is 1.55. The van der Waals surface area contributed by atoms with E-state index in [2.05, 4.69) is 20.4 Å². The second kappa shape index (κ2) is 7.43. The van der Waals surface area contributed by atoms with Crippen LogP contribution in [0.1, 0.15) is 0 Å². The van der Waals surface area contributed by atoms with Crippen molar-refractivity contribution in [3.8, 4) is 11.1 Å². The van der Waals surface area contributed by atoms with Crippen molar-refractivity contribution >= 4 is 23.5 Å². The quantitative estimate of drug-likeness (QED) is 0.687. The molecule has 1 fully saturated rings. The highest BCUT2D eigenvalue weighted by Crippen LogP contribution is 2.29. The molecule has 11 heteroatoms. The minimum absolute atomic E-state index is 0.174. The number of aryl methyl sites for hydroxylation is 1. The van der Waals surface area contributed by atoms with Gasteiger partial charge >= 0.3 is 6.09 Å². The average Bonchev–Trinajstić information content (AvgIpc) is 3.33. The summed E-state index contributed by atoms with van der Waals surface area (Å²) in [5.41, 5.74) is 1.29. The van der Waals surface area contributed by atoms with Gasteiger partial charge in [0.15, 0.2) is 0 Å². The Morgan fingerprint density at radius 1 is 1.34 bits per heavy atom. The lowest BCUT2D eigenvalue weighted by molar-refractivity contribution is 0.0963. The van der Waals surface area contributed by atoms with Crippen molar-refractivity contribution in [2.24, 2.45) is 7.05 Å². The van der Waals surface area contributed by atoms with Gasteiger partial charge in [-0.3, -0.25) is 9.80 Å². The minimum atomic E-state index is -0.609. The third kappa shape index (κ3) is 3.59. The van der Waals surface area contributed by atoms with Crippen molar-refractivity contribution in [3.63, 3.8) is 0 Å². The van der Waals surface area contributed by atoms with Gasteiger partial charge in [0.2, 0.25) is 0 Å². The van der Waals surface area contributed by atoms with Gasteiger partial charge in [0.25, 0.3) is 5.95 Å². The number of pyridine rings is 1. The summed E-state index contributed by atoms with van der Waals surface area (Å²) in [6.45, 7) is -0.105. The molecule has 1 aromatic carbocycles. The maximum absolute atomic E-state index is 14.7. The molecule has 0 spiro atoms. The Morgan fingerprint density at radius 2 is 2.17 bits per heavy atom. The van der Waals surface area contributed by atoms with E-state index in [0.717, 1.165) is 0 Å². The summed E-state index contributed by atoms with van der Waals surface area (Å²) >= 11 is 0. The number of hydrogen-bond acceptors (Lipinski definition) is 8. The van der Waals surface area contributed by atoms with Crippen LogP contribution >= 0.6 is 0 Å². The molecule has 1 N–H and O–H groups in total. The monoisotopic (exact) mass is 399 g/mol. The fourth-order valence-corrected chi connectivity index (χ4v) is 2.99. The van der Waals surface area contributed by atoms with E-state index in [1.165, 1.54) is 15.8 Å². The maximum atomic E-state index is 14.7. The average molecular weight is 399 g/mol. The number of benzene rings is 1. The second-order valence-electron chi connectivity index (χ2n) is 6.51. The number of ether oxygens (including phenoxy) is 1. The van der Waals surface area contributed by atoms with Crippen LogP contribution in [0.25, 0.3) is 11.1 Å². The van der Waals surface area contributed by atoms with Crippen LogP contribution in [-0.2, 0) is 11.8 Å². The molecule has 3 heterocycles. The number of cyclic esters (lactones) is 1. The fourth-order valence-electron chi connectivity index (χ4n) is 2.99. The van der Waals surface area contributed by atoms with E-state index in [4.69, 9.17) is 9.84 Å². The van der Waals surface area contributed by atoms with E-state index in [1.54, 1.807) is 49.5 Å². The van der Waals surface area contributed by atoms with Crippen molar-refractivity contribution in [1.29, 1.82) is 0 Å². The standard InChI is InChI=1S/C18H18FN7O3/c1-24(17-21-23-25(2)22-17)16-6-3-11(8-20-16)14-5-4-12(7-15(14)19)26-9-13(10-27)29-18(26)28/h3-8,13,27H,9-10H2,1-2H3/t13-/m1/s1. The normalized spacial score (nSPS) is 16.2. The van der Waals surface area contributed by atoms with Crippen molar-refractivity contribution in [2.45, 2.75) is 6.10 Å². The molecule has 0 bridgehead atoms. The van der Waals surface area contributed by atoms with Crippen LogP contribution in [0.4, 0.5) is 26.6 Å². The van der Waals surface area contributed by atoms with Gasteiger partial charge in [0.05, 0.1) is 25.9 Å². The first-order valence-corrected chi connectivity index (χ1v) is 8.79. The molecule has 29 heavy (non-hydrogen) atoms. The molecule has 1 saturated heterocycles. The van der Waals surface area contributed by atoms with E-state index >= 15 is 0 Å². The van der Waals surface area contributed by atoms with Gasteiger partial charge in [-0.05, 0) is 35.5 Å². The Kier molecular flexibility index (Phi) is 4.80. The van der Waals surface area contributed by atoms with Crippen LogP contribution in [0.5, 0.6) is 0 Å². The van der Waals surface area contributed by atoms with Crippen LogP contribution < -0.4 is 9.80 Å². The molecular weight excluding hydrogens is 381 g/mol. The van der Waals surface area contributed by atoms with E-state index in [1.807, 2.05) is 0 Å². The Labute approximate surface area is 165 Å². The van der Waals surface area contributed by atoms with E-state index in [9.17, 15) is 9.18 Å². The minimum Gasteiger partial charge on any atom is -0.441 e. The van der Waals surface area contributed by atoms with Gasteiger partial charge in [-0.2, -0.15) is 4.80 Å².